The van der Waals surface area contributed by atoms with Gasteiger partial charge in [-0.05, 0) is 26.0 Å². The Morgan fingerprint density at radius 2 is 1.48 bits per heavy atom. The van der Waals surface area contributed by atoms with Crippen LogP contribution in [-0.2, 0) is 0 Å². The molecular formula is C19H15N7O. The molecule has 0 aliphatic heterocycles. The van der Waals surface area contributed by atoms with E-state index in [0.717, 1.165) is 10.8 Å². The van der Waals surface area contributed by atoms with E-state index < -0.39 is 0 Å². The number of benzene rings is 2. The quantitative estimate of drug-likeness (QED) is 0.386. The molecule has 27 heavy (non-hydrogen) atoms. The van der Waals surface area contributed by atoms with Gasteiger partial charge >= 0.3 is 0 Å². The van der Waals surface area contributed by atoms with Gasteiger partial charge in [0.05, 0.1) is 10.9 Å². The Morgan fingerprint density at radius 3 is 2.22 bits per heavy atom. The van der Waals surface area contributed by atoms with Gasteiger partial charge in [0.15, 0.2) is 11.5 Å². The van der Waals surface area contributed by atoms with Crippen LogP contribution in [0.25, 0.3) is 27.3 Å². The second-order valence-corrected chi connectivity index (χ2v) is 6.31. The molecule has 8 heteroatoms. The maximum Gasteiger partial charge on any atom is 0.282 e. The van der Waals surface area contributed by atoms with Crippen molar-refractivity contribution in [3.05, 3.63) is 70.5 Å². The minimum atomic E-state index is -0.207. The molecule has 0 amide bonds. The Morgan fingerprint density at radius 1 is 0.852 bits per heavy atom. The molecule has 0 saturated carbocycles. The molecule has 0 fully saturated rings. The number of fused-ring (bicyclic) bond motifs is 4. The van der Waals surface area contributed by atoms with Gasteiger partial charge in [-0.15, -0.1) is 15.3 Å². The van der Waals surface area contributed by atoms with Crippen LogP contribution in [0.4, 0.5) is 5.82 Å². The standard InChI is InChI=1S/C19H15N7O/c1-11-21-22-12(2)25(11)23-17-13-7-3-4-8-14(13)18-20-16-10-6-5-9-15(16)19(27)26(18)24-17/h3-10H,1-2H3,(H,23,24). The molecule has 0 atom stereocenters. The number of para-hydroxylation sites is 1. The first-order valence-electron chi connectivity index (χ1n) is 8.49. The molecule has 5 aromatic rings. The van der Waals surface area contributed by atoms with E-state index in [-0.39, 0.29) is 5.56 Å². The Kier molecular flexibility index (Phi) is 3.20. The third-order valence-electron chi connectivity index (χ3n) is 4.58. The minimum Gasteiger partial charge on any atom is -0.273 e. The molecular weight excluding hydrogens is 342 g/mol. The summed E-state index contributed by atoms with van der Waals surface area (Å²) in [5.41, 5.74) is 4.20. The molecule has 132 valence electrons. The first-order chi connectivity index (χ1) is 13.1. The Labute approximate surface area is 153 Å². The number of nitrogens with zero attached hydrogens (tertiary/aromatic N) is 6. The monoisotopic (exact) mass is 357 g/mol. The summed E-state index contributed by atoms with van der Waals surface area (Å²) in [4.78, 5) is 17.7. The van der Waals surface area contributed by atoms with Crippen molar-refractivity contribution in [2.75, 3.05) is 5.43 Å². The van der Waals surface area contributed by atoms with Gasteiger partial charge in [0.2, 0.25) is 0 Å². The van der Waals surface area contributed by atoms with Gasteiger partial charge in [0, 0.05) is 10.8 Å². The molecule has 3 heterocycles. The van der Waals surface area contributed by atoms with Crippen molar-refractivity contribution >= 4 is 33.1 Å². The van der Waals surface area contributed by atoms with E-state index in [1.54, 1.807) is 10.7 Å². The van der Waals surface area contributed by atoms with Crippen LogP contribution in [0.2, 0.25) is 0 Å². The highest BCUT2D eigenvalue weighted by Gasteiger charge is 2.14. The van der Waals surface area contributed by atoms with E-state index in [1.807, 2.05) is 56.3 Å². The molecule has 0 radical (unpaired) electrons. The maximum atomic E-state index is 13.0. The summed E-state index contributed by atoms with van der Waals surface area (Å²) in [5.74, 6) is 1.92. The fourth-order valence-electron chi connectivity index (χ4n) is 3.25. The Hall–Kier alpha value is -3.81. The molecule has 0 unspecified atom stereocenters. The zero-order valence-corrected chi connectivity index (χ0v) is 14.7. The zero-order valence-electron chi connectivity index (χ0n) is 14.7. The number of anilines is 1. The molecule has 5 rings (SSSR count). The lowest BCUT2D eigenvalue weighted by Crippen LogP contribution is -2.21. The first-order valence-corrected chi connectivity index (χ1v) is 8.49. The van der Waals surface area contributed by atoms with Crippen molar-refractivity contribution in [1.82, 2.24) is 29.5 Å². The molecule has 0 aliphatic rings. The van der Waals surface area contributed by atoms with Crippen LogP contribution in [0.3, 0.4) is 0 Å². The van der Waals surface area contributed by atoms with E-state index in [2.05, 4.69) is 25.7 Å². The maximum absolute atomic E-state index is 13.0. The van der Waals surface area contributed by atoms with E-state index in [4.69, 9.17) is 0 Å². The third-order valence-corrected chi connectivity index (χ3v) is 4.58. The summed E-state index contributed by atoms with van der Waals surface area (Å²) in [5, 5.41) is 14.9. The predicted octanol–water partition coefficient (Wildman–Crippen LogP) is 2.48. The number of nitrogens with one attached hydrogen (secondary N) is 1. The second-order valence-electron chi connectivity index (χ2n) is 6.31. The number of rotatable bonds is 2. The van der Waals surface area contributed by atoms with Gasteiger partial charge < -0.3 is 0 Å². The van der Waals surface area contributed by atoms with Crippen LogP contribution >= 0.6 is 0 Å². The molecule has 2 aromatic carbocycles. The summed E-state index contributed by atoms with van der Waals surface area (Å²) >= 11 is 0. The van der Waals surface area contributed by atoms with E-state index in [9.17, 15) is 4.79 Å². The zero-order chi connectivity index (χ0) is 18.5. The molecule has 8 nitrogen and oxygen atoms in total. The van der Waals surface area contributed by atoms with Gasteiger partial charge in [-0.1, -0.05) is 36.4 Å². The average molecular weight is 357 g/mol. The number of aromatic nitrogens is 6. The summed E-state index contributed by atoms with van der Waals surface area (Å²) in [6.45, 7) is 3.69. The SMILES string of the molecule is Cc1nnc(C)n1Nc1nn2c(=O)c3ccccc3nc2c2ccccc12. The average Bonchev–Trinajstić information content (AvgIpc) is 3.01. The topological polar surface area (TPSA) is 90.0 Å². The van der Waals surface area contributed by atoms with Crippen LogP contribution in [0.15, 0.2) is 53.3 Å². The van der Waals surface area contributed by atoms with E-state index >= 15 is 0 Å². The highest BCUT2D eigenvalue weighted by molar-refractivity contribution is 6.01. The van der Waals surface area contributed by atoms with Gasteiger partial charge in [0.1, 0.15) is 11.6 Å². The van der Waals surface area contributed by atoms with Crippen LogP contribution in [0.1, 0.15) is 11.6 Å². The van der Waals surface area contributed by atoms with E-state index in [0.29, 0.717) is 34.0 Å². The molecule has 0 saturated heterocycles. The van der Waals surface area contributed by atoms with Gasteiger partial charge in [-0.2, -0.15) is 4.52 Å². The third kappa shape index (κ3) is 2.27. The van der Waals surface area contributed by atoms with Crippen molar-refractivity contribution < 1.29 is 0 Å². The number of hydrogen-bond acceptors (Lipinski definition) is 6. The highest BCUT2D eigenvalue weighted by Crippen LogP contribution is 2.25. The summed E-state index contributed by atoms with van der Waals surface area (Å²) in [6, 6.07) is 15.0. The summed E-state index contributed by atoms with van der Waals surface area (Å²) in [6.07, 6.45) is 0. The second kappa shape index (κ2) is 5.60. The van der Waals surface area contributed by atoms with Crippen LogP contribution in [-0.4, -0.2) is 29.5 Å². The first kappa shape index (κ1) is 15.4. The van der Waals surface area contributed by atoms with Crippen LogP contribution < -0.4 is 11.0 Å². The van der Waals surface area contributed by atoms with Crippen molar-refractivity contribution in [3.63, 3.8) is 0 Å². The summed E-state index contributed by atoms with van der Waals surface area (Å²) in [7, 11) is 0. The Balaban J connectivity index is 1.89. The van der Waals surface area contributed by atoms with Crippen molar-refractivity contribution in [1.29, 1.82) is 0 Å². The summed E-state index contributed by atoms with van der Waals surface area (Å²) < 4.78 is 3.09. The largest absolute Gasteiger partial charge is 0.282 e. The van der Waals surface area contributed by atoms with Crippen molar-refractivity contribution in [2.45, 2.75) is 13.8 Å². The van der Waals surface area contributed by atoms with Gasteiger partial charge in [0.25, 0.3) is 5.56 Å². The molecule has 0 bridgehead atoms. The smallest absolute Gasteiger partial charge is 0.273 e. The minimum absolute atomic E-state index is 0.207. The van der Waals surface area contributed by atoms with Crippen molar-refractivity contribution in [3.8, 4) is 0 Å². The molecule has 3 aromatic heterocycles. The predicted molar refractivity (Wildman–Crippen MR) is 103 cm³/mol. The fraction of sp³-hybridized carbons (Fsp3) is 0.105. The number of hydrogen-bond donors (Lipinski definition) is 1. The normalized spacial score (nSPS) is 11.5. The van der Waals surface area contributed by atoms with Crippen LogP contribution in [0, 0.1) is 13.8 Å². The molecule has 0 aliphatic carbocycles. The lowest BCUT2D eigenvalue weighted by Gasteiger charge is -2.13. The van der Waals surface area contributed by atoms with Gasteiger partial charge in [-0.25, -0.2) is 9.66 Å². The van der Waals surface area contributed by atoms with Crippen molar-refractivity contribution in [2.24, 2.45) is 0 Å². The molecule has 0 spiro atoms. The lowest BCUT2D eigenvalue weighted by atomic mass is 10.1. The Bertz CT molecular complexity index is 1380. The molecule has 1 N–H and O–H groups in total. The van der Waals surface area contributed by atoms with E-state index in [1.165, 1.54) is 4.52 Å². The highest BCUT2D eigenvalue weighted by atomic mass is 16.1. The lowest BCUT2D eigenvalue weighted by molar-refractivity contribution is 0.821. The van der Waals surface area contributed by atoms with Crippen LogP contribution in [0.5, 0.6) is 0 Å². The number of aryl methyl sites for hydroxylation is 2. The van der Waals surface area contributed by atoms with Gasteiger partial charge in [-0.3, -0.25) is 10.2 Å². The fourth-order valence-corrected chi connectivity index (χ4v) is 3.25.